The molecule has 0 unspecified atom stereocenters. The van der Waals surface area contributed by atoms with Crippen molar-refractivity contribution in [2.45, 2.75) is 45.4 Å². The maximum Gasteiger partial charge on any atom is 0.410 e. The molecule has 16 heavy (non-hydrogen) atoms. The molecule has 2 atom stereocenters. The Morgan fingerprint density at radius 2 is 2.19 bits per heavy atom. The number of carbonyl (C=O) groups is 1. The molecule has 1 fully saturated rings. The molecule has 2 N–H and O–H groups in total. The van der Waals surface area contributed by atoms with Gasteiger partial charge in [0.1, 0.15) is 5.60 Å². The van der Waals surface area contributed by atoms with E-state index in [1.807, 2.05) is 27.7 Å². The largest absolute Gasteiger partial charge is 0.444 e. The van der Waals surface area contributed by atoms with Crippen LogP contribution in [0.15, 0.2) is 0 Å². The van der Waals surface area contributed by atoms with Crippen LogP contribution in [0.3, 0.4) is 0 Å². The van der Waals surface area contributed by atoms with E-state index in [1.54, 1.807) is 4.90 Å². The minimum absolute atomic E-state index is 0.0337. The molecule has 0 bridgehead atoms. The molecule has 1 aliphatic rings. The molecule has 0 aromatic heterocycles. The van der Waals surface area contributed by atoms with Gasteiger partial charge in [-0.05, 0) is 27.7 Å². The highest BCUT2D eigenvalue weighted by molar-refractivity contribution is 5.68. The molecule has 5 nitrogen and oxygen atoms in total. The summed E-state index contributed by atoms with van der Waals surface area (Å²) < 4.78 is 10.8. The fraction of sp³-hybridized carbons (Fsp3) is 0.909. The first-order valence-corrected chi connectivity index (χ1v) is 5.66. The van der Waals surface area contributed by atoms with E-state index >= 15 is 0 Å². The predicted molar refractivity (Wildman–Crippen MR) is 61.2 cm³/mol. The highest BCUT2D eigenvalue weighted by Gasteiger charge is 2.33. The van der Waals surface area contributed by atoms with Gasteiger partial charge in [0.15, 0.2) is 0 Å². The standard InChI is InChI=1S/C11H22N2O3/c1-8-9(7-12)15-6-5-13(8)10(14)16-11(2,3)4/h8-9H,5-7,12H2,1-4H3/t8-,9+/m0/s1. The van der Waals surface area contributed by atoms with Gasteiger partial charge in [0, 0.05) is 13.1 Å². The Morgan fingerprint density at radius 3 is 2.69 bits per heavy atom. The van der Waals surface area contributed by atoms with Crippen molar-refractivity contribution in [1.29, 1.82) is 0 Å². The van der Waals surface area contributed by atoms with Crippen LogP contribution in [0.1, 0.15) is 27.7 Å². The lowest BCUT2D eigenvalue weighted by atomic mass is 10.1. The number of hydrogen-bond donors (Lipinski definition) is 1. The summed E-state index contributed by atoms with van der Waals surface area (Å²) in [4.78, 5) is 13.6. The highest BCUT2D eigenvalue weighted by atomic mass is 16.6. The molecule has 1 aliphatic heterocycles. The highest BCUT2D eigenvalue weighted by Crippen LogP contribution is 2.17. The van der Waals surface area contributed by atoms with Crippen molar-refractivity contribution in [1.82, 2.24) is 4.90 Å². The van der Waals surface area contributed by atoms with Crippen LogP contribution < -0.4 is 5.73 Å². The van der Waals surface area contributed by atoms with Gasteiger partial charge in [-0.3, -0.25) is 0 Å². The molecule has 0 radical (unpaired) electrons. The lowest BCUT2D eigenvalue weighted by Crippen LogP contribution is -2.55. The van der Waals surface area contributed by atoms with Gasteiger partial charge in [-0.1, -0.05) is 0 Å². The quantitative estimate of drug-likeness (QED) is 0.729. The van der Waals surface area contributed by atoms with Gasteiger partial charge in [0.05, 0.1) is 18.8 Å². The van der Waals surface area contributed by atoms with Gasteiger partial charge in [-0.2, -0.15) is 0 Å². The maximum absolute atomic E-state index is 11.9. The van der Waals surface area contributed by atoms with E-state index in [4.69, 9.17) is 15.2 Å². The molecule has 0 aromatic rings. The first kappa shape index (κ1) is 13.3. The lowest BCUT2D eigenvalue weighted by molar-refractivity contribution is -0.0665. The van der Waals surface area contributed by atoms with E-state index in [0.717, 1.165) is 0 Å². The number of rotatable bonds is 1. The number of carbonyl (C=O) groups excluding carboxylic acids is 1. The van der Waals surface area contributed by atoms with Crippen molar-refractivity contribution in [3.8, 4) is 0 Å². The first-order valence-electron chi connectivity index (χ1n) is 5.66. The van der Waals surface area contributed by atoms with E-state index in [1.165, 1.54) is 0 Å². The van der Waals surface area contributed by atoms with E-state index < -0.39 is 5.60 Å². The average molecular weight is 230 g/mol. The minimum atomic E-state index is -0.465. The molecular weight excluding hydrogens is 208 g/mol. The molecule has 0 spiro atoms. The fourth-order valence-electron chi connectivity index (χ4n) is 1.69. The second-order valence-corrected chi connectivity index (χ2v) is 5.06. The van der Waals surface area contributed by atoms with Gasteiger partial charge < -0.3 is 20.1 Å². The Kier molecular flexibility index (Phi) is 4.15. The zero-order valence-electron chi connectivity index (χ0n) is 10.5. The second-order valence-electron chi connectivity index (χ2n) is 5.06. The van der Waals surface area contributed by atoms with Gasteiger partial charge in [-0.25, -0.2) is 4.79 Å². The van der Waals surface area contributed by atoms with Crippen LogP contribution in [0.2, 0.25) is 0 Å². The molecule has 0 aliphatic carbocycles. The van der Waals surface area contributed by atoms with Crippen molar-refractivity contribution in [3.05, 3.63) is 0 Å². The van der Waals surface area contributed by atoms with Crippen LogP contribution in [0.25, 0.3) is 0 Å². The van der Waals surface area contributed by atoms with E-state index in [-0.39, 0.29) is 18.2 Å². The summed E-state index contributed by atoms with van der Waals surface area (Å²) in [7, 11) is 0. The summed E-state index contributed by atoms with van der Waals surface area (Å²) in [5.41, 5.74) is 5.11. The molecule has 0 saturated carbocycles. The summed E-state index contributed by atoms with van der Waals surface area (Å²) in [6, 6.07) is -0.0337. The number of nitrogens with two attached hydrogens (primary N) is 1. The number of morpholine rings is 1. The predicted octanol–water partition coefficient (Wildman–Crippen LogP) is 0.969. The van der Waals surface area contributed by atoms with E-state index in [2.05, 4.69) is 0 Å². The molecular formula is C11H22N2O3. The molecule has 1 amide bonds. The lowest BCUT2D eigenvalue weighted by Gasteiger charge is -2.39. The smallest absolute Gasteiger partial charge is 0.410 e. The third kappa shape index (κ3) is 3.35. The van der Waals surface area contributed by atoms with E-state index in [9.17, 15) is 4.79 Å². The summed E-state index contributed by atoms with van der Waals surface area (Å²) in [5, 5.41) is 0. The van der Waals surface area contributed by atoms with Gasteiger partial charge >= 0.3 is 6.09 Å². The van der Waals surface area contributed by atoms with Crippen LogP contribution in [0.4, 0.5) is 4.79 Å². The topological polar surface area (TPSA) is 64.8 Å². The molecule has 94 valence electrons. The Balaban J connectivity index is 2.61. The number of hydrogen-bond acceptors (Lipinski definition) is 4. The Bertz CT molecular complexity index is 250. The fourth-order valence-corrected chi connectivity index (χ4v) is 1.69. The average Bonchev–Trinajstić information content (AvgIpc) is 2.15. The monoisotopic (exact) mass is 230 g/mol. The van der Waals surface area contributed by atoms with Crippen LogP contribution in [0, 0.1) is 0 Å². The minimum Gasteiger partial charge on any atom is -0.444 e. The molecule has 1 saturated heterocycles. The summed E-state index contributed by atoms with van der Waals surface area (Å²) in [5.74, 6) is 0. The molecule has 0 aromatic carbocycles. The van der Waals surface area contributed by atoms with Crippen molar-refractivity contribution >= 4 is 6.09 Å². The van der Waals surface area contributed by atoms with Crippen LogP contribution in [0.5, 0.6) is 0 Å². The number of nitrogens with zero attached hydrogens (tertiary/aromatic N) is 1. The van der Waals surface area contributed by atoms with Crippen LogP contribution in [-0.4, -0.2) is 48.4 Å². The third-order valence-electron chi connectivity index (χ3n) is 2.55. The summed E-state index contributed by atoms with van der Waals surface area (Å²) >= 11 is 0. The zero-order chi connectivity index (χ0) is 12.3. The van der Waals surface area contributed by atoms with Crippen molar-refractivity contribution in [3.63, 3.8) is 0 Å². The molecule has 1 heterocycles. The van der Waals surface area contributed by atoms with Crippen molar-refractivity contribution in [2.24, 2.45) is 5.73 Å². The van der Waals surface area contributed by atoms with E-state index in [0.29, 0.717) is 19.7 Å². The van der Waals surface area contributed by atoms with Gasteiger partial charge in [-0.15, -0.1) is 0 Å². The summed E-state index contributed by atoms with van der Waals surface area (Å²) in [6.07, 6.45) is -0.386. The Hall–Kier alpha value is -0.810. The first-order chi connectivity index (χ1) is 7.35. The van der Waals surface area contributed by atoms with Gasteiger partial charge in [0.2, 0.25) is 0 Å². The second kappa shape index (κ2) is 5.01. The van der Waals surface area contributed by atoms with Crippen LogP contribution >= 0.6 is 0 Å². The maximum atomic E-state index is 11.9. The SMILES string of the molecule is C[C@H]1[C@@H](CN)OCCN1C(=O)OC(C)(C)C. The Labute approximate surface area is 96.9 Å². The van der Waals surface area contributed by atoms with Crippen LogP contribution in [-0.2, 0) is 9.47 Å². The zero-order valence-corrected chi connectivity index (χ0v) is 10.5. The number of amides is 1. The third-order valence-corrected chi connectivity index (χ3v) is 2.55. The van der Waals surface area contributed by atoms with Crippen molar-refractivity contribution < 1.29 is 14.3 Å². The van der Waals surface area contributed by atoms with Crippen molar-refractivity contribution in [2.75, 3.05) is 19.7 Å². The molecule has 1 rings (SSSR count). The normalized spacial score (nSPS) is 26.7. The van der Waals surface area contributed by atoms with Gasteiger partial charge in [0.25, 0.3) is 0 Å². The Morgan fingerprint density at radius 1 is 1.56 bits per heavy atom. The summed E-state index contributed by atoms with van der Waals surface area (Å²) in [6.45, 7) is 9.00. The number of ether oxygens (including phenoxy) is 2. The molecule has 5 heteroatoms.